The van der Waals surface area contributed by atoms with Gasteiger partial charge >= 0.3 is 0 Å². The molecule has 0 amide bonds. The van der Waals surface area contributed by atoms with E-state index in [1.54, 1.807) is 43.5 Å². The van der Waals surface area contributed by atoms with Gasteiger partial charge in [-0.25, -0.2) is 0 Å². The predicted octanol–water partition coefficient (Wildman–Crippen LogP) is 3.26. The molecule has 0 aliphatic heterocycles. The van der Waals surface area contributed by atoms with E-state index in [1.807, 2.05) is 6.08 Å². The van der Waals surface area contributed by atoms with Crippen LogP contribution in [0.3, 0.4) is 0 Å². The normalized spacial score (nSPS) is 18.8. The van der Waals surface area contributed by atoms with Crippen LogP contribution in [0.5, 0.6) is 5.75 Å². The molecule has 0 saturated heterocycles. The van der Waals surface area contributed by atoms with Gasteiger partial charge in [0.1, 0.15) is 11.5 Å². The molecule has 1 N–H and O–H groups in total. The van der Waals surface area contributed by atoms with E-state index in [-0.39, 0.29) is 12.6 Å². The molecule has 6 nitrogen and oxygen atoms in total. The van der Waals surface area contributed by atoms with Crippen molar-refractivity contribution in [2.24, 2.45) is 11.0 Å². The second-order valence-electron chi connectivity index (χ2n) is 4.95. The van der Waals surface area contributed by atoms with E-state index >= 15 is 0 Å². The molecule has 0 fully saturated rings. The zero-order valence-corrected chi connectivity index (χ0v) is 12.7. The van der Waals surface area contributed by atoms with E-state index < -0.39 is 5.60 Å². The van der Waals surface area contributed by atoms with Crippen molar-refractivity contribution in [2.45, 2.75) is 12.0 Å². The van der Waals surface area contributed by atoms with Crippen LogP contribution < -0.4 is 4.74 Å². The van der Waals surface area contributed by atoms with Crippen molar-refractivity contribution in [1.29, 1.82) is 0 Å². The lowest BCUT2D eigenvalue weighted by molar-refractivity contribution is 0.0545. The molecule has 2 unspecified atom stereocenters. The van der Waals surface area contributed by atoms with Gasteiger partial charge in [0.05, 0.1) is 7.11 Å². The number of methoxy groups -OCH3 is 1. The second kappa shape index (κ2) is 7.41. The summed E-state index contributed by atoms with van der Waals surface area (Å²) in [5.74, 6) is 3.49. The molecule has 1 aliphatic rings. The number of hydrogen-bond acceptors (Lipinski definition) is 4. The molecular formula is C17H17N3O3. The number of terminal acetylenes is 1. The van der Waals surface area contributed by atoms with Gasteiger partial charge in [0.15, 0.2) is 12.3 Å². The number of aliphatic hydroxyl groups is 1. The molecule has 1 aromatic carbocycles. The van der Waals surface area contributed by atoms with Gasteiger partial charge < -0.3 is 14.6 Å². The summed E-state index contributed by atoms with van der Waals surface area (Å²) in [7, 11) is 1.58. The third-order valence-corrected chi connectivity index (χ3v) is 3.70. The zero-order chi connectivity index (χ0) is 16.7. The summed E-state index contributed by atoms with van der Waals surface area (Å²) in [4.78, 5) is 2.61. The Balaban J connectivity index is 2.14. The Labute approximate surface area is 134 Å². The molecule has 2 atom stereocenters. The second-order valence-corrected chi connectivity index (χ2v) is 4.95. The van der Waals surface area contributed by atoms with Crippen LogP contribution in [-0.2, 0) is 10.3 Å². The Bertz CT molecular complexity index is 697. The lowest BCUT2D eigenvalue weighted by Crippen LogP contribution is -2.33. The number of hydrogen-bond donors (Lipinski definition) is 1. The number of azide groups is 1. The lowest BCUT2D eigenvalue weighted by Gasteiger charge is -2.31. The summed E-state index contributed by atoms with van der Waals surface area (Å²) in [6.45, 7) is -0.0742. The predicted molar refractivity (Wildman–Crippen MR) is 86.2 cm³/mol. The molecule has 0 radical (unpaired) electrons. The van der Waals surface area contributed by atoms with Gasteiger partial charge in [0.2, 0.25) is 0 Å². The van der Waals surface area contributed by atoms with Crippen LogP contribution in [0.15, 0.2) is 53.4 Å². The van der Waals surface area contributed by atoms with Crippen molar-refractivity contribution in [1.82, 2.24) is 0 Å². The average molecular weight is 311 g/mol. The van der Waals surface area contributed by atoms with Crippen LogP contribution in [-0.4, -0.2) is 18.9 Å². The van der Waals surface area contributed by atoms with Gasteiger partial charge in [-0.05, 0) is 41.8 Å². The quantitative estimate of drug-likeness (QED) is 0.378. The van der Waals surface area contributed by atoms with E-state index in [1.165, 1.54) is 0 Å². The first kappa shape index (κ1) is 16.5. The molecule has 1 aromatic rings. The fourth-order valence-corrected chi connectivity index (χ4v) is 2.40. The molecule has 1 aliphatic carbocycles. The highest BCUT2D eigenvalue weighted by Gasteiger charge is 2.35. The number of nitrogens with zero attached hydrogens (tertiary/aromatic N) is 3. The Morgan fingerprint density at radius 2 is 2.22 bits per heavy atom. The SMILES string of the molecule is C#CC(O)(c1ccc(OC)cc1)C1C=CC(OCN=[N+]=[N-])=CC1. The summed E-state index contributed by atoms with van der Waals surface area (Å²) in [6, 6.07) is 7.02. The molecule has 23 heavy (non-hydrogen) atoms. The third kappa shape index (κ3) is 3.67. The molecule has 0 aromatic heterocycles. The molecule has 6 heteroatoms. The Morgan fingerprint density at radius 1 is 1.48 bits per heavy atom. The summed E-state index contributed by atoms with van der Waals surface area (Å²) in [5.41, 5.74) is 7.42. The largest absolute Gasteiger partial charge is 0.497 e. The fraction of sp³-hybridized carbons (Fsp3) is 0.294. The van der Waals surface area contributed by atoms with E-state index in [2.05, 4.69) is 15.9 Å². The van der Waals surface area contributed by atoms with Crippen molar-refractivity contribution in [3.8, 4) is 18.1 Å². The van der Waals surface area contributed by atoms with Crippen molar-refractivity contribution in [3.05, 3.63) is 64.3 Å². The number of rotatable bonds is 6. The zero-order valence-electron chi connectivity index (χ0n) is 12.7. The first-order chi connectivity index (χ1) is 11.1. The third-order valence-electron chi connectivity index (χ3n) is 3.70. The van der Waals surface area contributed by atoms with Crippen molar-refractivity contribution in [2.75, 3.05) is 13.8 Å². The van der Waals surface area contributed by atoms with E-state index in [0.29, 0.717) is 23.5 Å². The highest BCUT2D eigenvalue weighted by atomic mass is 16.5. The molecule has 0 heterocycles. The van der Waals surface area contributed by atoms with Crippen LogP contribution in [0.2, 0.25) is 0 Å². The maximum Gasteiger partial charge on any atom is 0.167 e. The van der Waals surface area contributed by atoms with Crippen molar-refractivity contribution in [3.63, 3.8) is 0 Å². The molecule has 118 valence electrons. The van der Waals surface area contributed by atoms with Crippen molar-refractivity contribution < 1.29 is 14.6 Å². The van der Waals surface area contributed by atoms with Crippen LogP contribution in [0.1, 0.15) is 12.0 Å². The summed E-state index contributed by atoms with van der Waals surface area (Å²) in [6.07, 6.45) is 11.4. The van der Waals surface area contributed by atoms with E-state index in [9.17, 15) is 5.11 Å². The molecule has 0 saturated carbocycles. The van der Waals surface area contributed by atoms with E-state index in [0.717, 1.165) is 0 Å². The average Bonchev–Trinajstić information content (AvgIpc) is 2.62. The van der Waals surface area contributed by atoms with Gasteiger partial charge in [-0.1, -0.05) is 29.2 Å². The number of ether oxygens (including phenoxy) is 2. The number of benzene rings is 1. The van der Waals surface area contributed by atoms with Gasteiger partial charge in [-0.2, -0.15) is 0 Å². The Kier molecular flexibility index (Phi) is 5.32. The monoisotopic (exact) mass is 311 g/mol. The minimum atomic E-state index is -1.42. The van der Waals surface area contributed by atoms with Crippen LogP contribution >= 0.6 is 0 Å². The molecule has 2 rings (SSSR count). The highest BCUT2D eigenvalue weighted by molar-refractivity contribution is 5.38. The summed E-state index contributed by atoms with van der Waals surface area (Å²) in [5, 5.41) is 14.2. The fourth-order valence-electron chi connectivity index (χ4n) is 2.40. The smallest absolute Gasteiger partial charge is 0.167 e. The van der Waals surface area contributed by atoms with Gasteiger partial charge in [-0.3, -0.25) is 0 Å². The summed E-state index contributed by atoms with van der Waals surface area (Å²) < 4.78 is 10.4. The van der Waals surface area contributed by atoms with Crippen LogP contribution in [0.4, 0.5) is 0 Å². The van der Waals surface area contributed by atoms with Gasteiger partial charge in [-0.15, -0.1) is 6.42 Å². The van der Waals surface area contributed by atoms with E-state index in [4.69, 9.17) is 21.4 Å². The van der Waals surface area contributed by atoms with Crippen LogP contribution in [0, 0.1) is 18.3 Å². The number of allylic oxidation sites excluding steroid dienone is 2. The minimum absolute atomic E-state index is 0.0742. The first-order valence-electron chi connectivity index (χ1n) is 7.00. The minimum Gasteiger partial charge on any atom is -0.497 e. The van der Waals surface area contributed by atoms with Gasteiger partial charge in [0.25, 0.3) is 0 Å². The molecular weight excluding hydrogens is 294 g/mol. The molecule has 0 spiro atoms. The first-order valence-corrected chi connectivity index (χ1v) is 7.00. The Morgan fingerprint density at radius 3 is 2.74 bits per heavy atom. The maximum absolute atomic E-state index is 10.9. The Hall–Kier alpha value is -2.87. The maximum atomic E-state index is 10.9. The summed E-state index contributed by atoms with van der Waals surface area (Å²) >= 11 is 0. The topological polar surface area (TPSA) is 87.5 Å². The lowest BCUT2D eigenvalue weighted by atomic mass is 9.78. The molecule has 0 bridgehead atoms. The van der Waals surface area contributed by atoms with Crippen molar-refractivity contribution >= 4 is 0 Å². The standard InChI is InChI=1S/C17H17N3O3/c1-3-17(21,13-4-8-15(22-2)9-5-13)14-6-10-16(11-7-14)23-12-19-20-18/h1,4-6,8-11,14,21H,7,12H2,2H3. The van der Waals surface area contributed by atoms with Crippen LogP contribution in [0.25, 0.3) is 10.4 Å². The highest BCUT2D eigenvalue weighted by Crippen LogP contribution is 2.36. The van der Waals surface area contributed by atoms with Gasteiger partial charge in [0, 0.05) is 10.8 Å².